The smallest absolute Gasteiger partial charge is 0.274 e. The Morgan fingerprint density at radius 3 is 2.65 bits per heavy atom. The van der Waals surface area contributed by atoms with E-state index >= 15 is 0 Å². The van der Waals surface area contributed by atoms with Crippen molar-refractivity contribution in [1.29, 1.82) is 0 Å². The van der Waals surface area contributed by atoms with Gasteiger partial charge in [-0.25, -0.2) is 4.68 Å². The molecule has 0 unspecified atom stereocenters. The average Bonchev–Trinajstić information content (AvgIpc) is 3.35. The van der Waals surface area contributed by atoms with E-state index < -0.39 is 0 Å². The first-order chi connectivity index (χ1) is 11.3. The van der Waals surface area contributed by atoms with Crippen LogP contribution in [-0.2, 0) is 0 Å². The summed E-state index contributed by atoms with van der Waals surface area (Å²) in [6.45, 7) is 0. The molecule has 2 aromatic heterocycles. The van der Waals surface area contributed by atoms with Gasteiger partial charge in [0.1, 0.15) is 5.69 Å². The van der Waals surface area contributed by atoms with Crippen LogP contribution in [-0.4, -0.2) is 20.7 Å². The van der Waals surface area contributed by atoms with Gasteiger partial charge in [-0.2, -0.15) is 5.10 Å². The van der Waals surface area contributed by atoms with Crippen LogP contribution in [0.1, 0.15) is 34.9 Å². The van der Waals surface area contributed by atoms with E-state index in [-0.39, 0.29) is 5.91 Å². The first kappa shape index (κ1) is 13.7. The van der Waals surface area contributed by atoms with Crippen LogP contribution in [0.3, 0.4) is 0 Å². The molecule has 2 heterocycles. The lowest BCUT2D eigenvalue weighted by Gasteiger charge is -2.08. The second-order valence-corrected chi connectivity index (χ2v) is 5.67. The summed E-state index contributed by atoms with van der Waals surface area (Å²) in [7, 11) is 0. The highest BCUT2D eigenvalue weighted by molar-refractivity contribution is 6.03. The number of hydrogen-bond donors (Lipinski definition) is 1. The molecule has 114 valence electrons. The van der Waals surface area contributed by atoms with E-state index in [1.165, 1.54) is 0 Å². The highest BCUT2D eigenvalue weighted by Crippen LogP contribution is 2.39. The van der Waals surface area contributed by atoms with E-state index in [2.05, 4.69) is 15.4 Å². The molecule has 5 nitrogen and oxygen atoms in total. The summed E-state index contributed by atoms with van der Waals surface area (Å²) < 4.78 is 1.72. The molecule has 1 N–H and O–H groups in total. The molecule has 3 aromatic rings. The number of nitrogens with one attached hydrogen (secondary N) is 1. The van der Waals surface area contributed by atoms with E-state index in [1.807, 2.05) is 42.5 Å². The zero-order valence-electron chi connectivity index (χ0n) is 12.5. The van der Waals surface area contributed by atoms with Gasteiger partial charge in [0.15, 0.2) is 0 Å². The Balaban J connectivity index is 1.70. The molecule has 0 bridgehead atoms. The third-order valence-corrected chi connectivity index (χ3v) is 3.88. The number of aromatic nitrogens is 3. The molecule has 0 aliphatic heterocycles. The molecule has 0 radical (unpaired) electrons. The molecule has 0 atom stereocenters. The number of pyridine rings is 1. The third kappa shape index (κ3) is 2.85. The quantitative estimate of drug-likeness (QED) is 0.803. The van der Waals surface area contributed by atoms with Crippen LogP contribution < -0.4 is 5.32 Å². The van der Waals surface area contributed by atoms with Crippen LogP contribution in [0.4, 0.5) is 5.69 Å². The van der Waals surface area contributed by atoms with Gasteiger partial charge in [-0.15, -0.1) is 0 Å². The molecule has 1 aliphatic rings. The molecule has 1 saturated carbocycles. The van der Waals surface area contributed by atoms with Crippen molar-refractivity contribution in [2.75, 3.05) is 5.32 Å². The van der Waals surface area contributed by atoms with Crippen molar-refractivity contribution in [3.05, 3.63) is 72.3 Å². The van der Waals surface area contributed by atoms with Crippen molar-refractivity contribution in [1.82, 2.24) is 14.8 Å². The summed E-state index contributed by atoms with van der Waals surface area (Å²) in [5, 5.41) is 7.52. The monoisotopic (exact) mass is 304 g/mol. The standard InChI is InChI=1S/C18H16N4O/c23-18(20-14-5-4-10-19-12-14)17-11-16(13-8-9-13)21-22(17)15-6-2-1-3-7-15/h1-7,10-13H,8-9H2,(H,20,23). The first-order valence-corrected chi connectivity index (χ1v) is 7.68. The lowest BCUT2D eigenvalue weighted by molar-refractivity contribution is 0.101. The third-order valence-electron chi connectivity index (χ3n) is 3.88. The highest BCUT2D eigenvalue weighted by Gasteiger charge is 2.29. The normalized spacial score (nSPS) is 13.7. The SMILES string of the molecule is O=C(Nc1cccnc1)c1cc(C2CC2)nn1-c1ccccc1. The Morgan fingerprint density at radius 1 is 1.13 bits per heavy atom. The van der Waals surface area contributed by atoms with Crippen LogP contribution in [0.5, 0.6) is 0 Å². The number of amides is 1. The Hall–Kier alpha value is -2.95. The lowest BCUT2D eigenvalue weighted by atomic mass is 10.2. The molecule has 5 heteroatoms. The first-order valence-electron chi connectivity index (χ1n) is 7.68. The van der Waals surface area contributed by atoms with Gasteiger partial charge in [0.05, 0.1) is 23.3 Å². The molecular weight excluding hydrogens is 288 g/mol. The largest absolute Gasteiger partial charge is 0.319 e. The number of rotatable bonds is 4. The Morgan fingerprint density at radius 2 is 1.96 bits per heavy atom. The summed E-state index contributed by atoms with van der Waals surface area (Å²) >= 11 is 0. The molecular formula is C18H16N4O. The molecule has 1 fully saturated rings. The predicted octanol–water partition coefficient (Wildman–Crippen LogP) is 3.40. The Bertz CT molecular complexity index is 823. The zero-order valence-corrected chi connectivity index (χ0v) is 12.5. The average molecular weight is 304 g/mol. The zero-order chi connectivity index (χ0) is 15.6. The maximum absolute atomic E-state index is 12.7. The van der Waals surface area contributed by atoms with Gasteiger partial charge in [-0.05, 0) is 43.2 Å². The van der Waals surface area contributed by atoms with Crippen LogP contribution in [0.2, 0.25) is 0 Å². The summed E-state index contributed by atoms with van der Waals surface area (Å²) in [6.07, 6.45) is 5.60. The van der Waals surface area contributed by atoms with Crippen LogP contribution in [0, 0.1) is 0 Å². The summed E-state index contributed by atoms with van der Waals surface area (Å²) in [5.41, 5.74) is 3.09. The molecule has 1 aliphatic carbocycles. The predicted molar refractivity (Wildman–Crippen MR) is 87.7 cm³/mol. The minimum atomic E-state index is -0.179. The number of anilines is 1. The summed E-state index contributed by atoms with van der Waals surface area (Å²) in [6, 6.07) is 15.2. The minimum absolute atomic E-state index is 0.179. The van der Waals surface area contributed by atoms with E-state index in [0.29, 0.717) is 17.3 Å². The number of carbonyl (C=O) groups excluding carboxylic acids is 1. The van der Waals surface area contributed by atoms with E-state index in [4.69, 9.17) is 0 Å². The van der Waals surface area contributed by atoms with Gasteiger partial charge < -0.3 is 5.32 Å². The summed E-state index contributed by atoms with van der Waals surface area (Å²) in [5.74, 6) is 0.311. The number of para-hydroxylation sites is 1. The van der Waals surface area contributed by atoms with Crippen molar-refractivity contribution in [3.63, 3.8) is 0 Å². The molecule has 4 rings (SSSR count). The van der Waals surface area contributed by atoms with Crippen LogP contribution in [0.25, 0.3) is 5.69 Å². The van der Waals surface area contributed by atoms with Crippen molar-refractivity contribution < 1.29 is 4.79 Å². The number of carbonyl (C=O) groups is 1. The Labute approximate surface area is 134 Å². The fraction of sp³-hybridized carbons (Fsp3) is 0.167. The van der Waals surface area contributed by atoms with E-state index in [0.717, 1.165) is 24.2 Å². The van der Waals surface area contributed by atoms with Gasteiger partial charge in [-0.3, -0.25) is 9.78 Å². The fourth-order valence-electron chi connectivity index (χ4n) is 2.54. The van der Waals surface area contributed by atoms with E-state index in [1.54, 1.807) is 23.1 Å². The molecule has 0 saturated heterocycles. The molecule has 1 amide bonds. The second kappa shape index (κ2) is 5.68. The van der Waals surface area contributed by atoms with Crippen molar-refractivity contribution in [3.8, 4) is 5.69 Å². The maximum atomic E-state index is 12.7. The van der Waals surface area contributed by atoms with Gasteiger partial charge in [-0.1, -0.05) is 18.2 Å². The lowest BCUT2D eigenvalue weighted by Crippen LogP contribution is -2.17. The van der Waals surface area contributed by atoms with Crippen molar-refractivity contribution in [2.24, 2.45) is 0 Å². The van der Waals surface area contributed by atoms with Gasteiger partial charge in [0, 0.05) is 12.1 Å². The summed E-state index contributed by atoms with van der Waals surface area (Å²) in [4.78, 5) is 16.7. The minimum Gasteiger partial charge on any atom is -0.319 e. The molecule has 23 heavy (non-hydrogen) atoms. The van der Waals surface area contributed by atoms with Crippen LogP contribution in [0.15, 0.2) is 60.9 Å². The number of benzene rings is 1. The van der Waals surface area contributed by atoms with Crippen LogP contribution >= 0.6 is 0 Å². The number of nitrogens with zero attached hydrogens (tertiary/aromatic N) is 3. The van der Waals surface area contributed by atoms with Gasteiger partial charge >= 0.3 is 0 Å². The van der Waals surface area contributed by atoms with Gasteiger partial charge in [0.25, 0.3) is 5.91 Å². The van der Waals surface area contributed by atoms with E-state index in [9.17, 15) is 4.79 Å². The van der Waals surface area contributed by atoms with Gasteiger partial charge in [0.2, 0.25) is 0 Å². The molecule has 1 aromatic carbocycles. The highest BCUT2D eigenvalue weighted by atomic mass is 16.2. The maximum Gasteiger partial charge on any atom is 0.274 e. The Kier molecular flexibility index (Phi) is 3.38. The fourth-order valence-corrected chi connectivity index (χ4v) is 2.54. The second-order valence-electron chi connectivity index (χ2n) is 5.67. The van der Waals surface area contributed by atoms with Crippen molar-refractivity contribution in [2.45, 2.75) is 18.8 Å². The topological polar surface area (TPSA) is 59.8 Å². The number of hydrogen-bond acceptors (Lipinski definition) is 3. The van der Waals surface area contributed by atoms with Crippen molar-refractivity contribution >= 4 is 11.6 Å². The molecule has 0 spiro atoms.